The number of rotatable bonds is 3. The van der Waals surface area contributed by atoms with Crippen molar-refractivity contribution < 1.29 is 4.79 Å². The highest BCUT2D eigenvalue weighted by Crippen LogP contribution is 2.39. The molecule has 0 radical (unpaired) electrons. The summed E-state index contributed by atoms with van der Waals surface area (Å²) in [6.45, 7) is 2.50. The molecular formula is C21H25N7O. The van der Waals surface area contributed by atoms with Gasteiger partial charge in [0.15, 0.2) is 0 Å². The van der Waals surface area contributed by atoms with Gasteiger partial charge in [-0.25, -0.2) is 0 Å². The van der Waals surface area contributed by atoms with Gasteiger partial charge in [-0.05, 0) is 49.2 Å². The number of nitrogens with one attached hydrogen (secondary N) is 4. The van der Waals surface area contributed by atoms with E-state index in [2.05, 4.69) is 36.3 Å². The van der Waals surface area contributed by atoms with Crippen molar-refractivity contribution in [2.45, 2.75) is 25.7 Å². The van der Waals surface area contributed by atoms with Crippen LogP contribution in [-0.2, 0) is 11.2 Å². The Morgan fingerprint density at radius 1 is 1.00 bits per heavy atom. The maximum absolute atomic E-state index is 11.9. The fraction of sp³-hybridized carbons (Fsp3) is 0.333. The second-order valence-electron chi connectivity index (χ2n) is 7.09. The molecule has 8 heteroatoms. The molecule has 4 heterocycles. The van der Waals surface area contributed by atoms with Crippen molar-refractivity contribution in [3.05, 3.63) is 42.2 Å². The molecule has 1 saturated heterocycles. The first-order valence-electron chi connectivity index (χ1n) is 9.93. The number of fused-ring (bicyclic) bond motifs is 1. The highest BCUT2D eigenvalue weighted by atomic mass is 16.1. The van der Waals surface area contributed by atoms with Gasteiger partial charge in [0.25, 0.3) is 0 Å². The summed E-state index contributed by atoms with van der Waals surface area (Å²) in [5.41, 5.74) is 5.32. The number of aromatic amines is 1. The Morgan fingerprint density at radius 2 is 1.83 bits per heavy atom. The van der Waals surface area contributed by atoms with E-state index in [1.807, 2.05) is 30.5 Å². The Bertz CT molecular complexity index is 952. The molecule has 0 spiro atoms. The van der Waals surface area contributed by atoms with Crippen LogP contribution in [-0.4, -0.2) is 46.4 Å². The van der Waals surface area contributed by atoms with Gasteiger partial charge in [0.1, 0.15) is 5.82 Å². The molecule has 5 rings (SSSR count). The van der Waals surface area contributed by atoms with Gasteiger partial charge >= 0.3 is 0 Å². The first-order valence-corrected chi connectivity index (χ1v) is 9.93. The molecule has 4 N–H and O–H groups in total. The average molecular weight is 391 g/mol. The van der Waals surface area contributed by atoms with Crippen molar-refractivity contribution in [2.24, 2.45) is 0 Å². The lowest BCUT2D eigenvalue weighted by molar-refractivity contribution is -0.115. The molecular weight excluding hydrogens is 366 g/mol. The van der Waals surface area contributed by atoms with Crippen LogP contribution in [0, 0.1) is 0 Å². The zero-order chi connectivity index (χ0) is 20.1. The molecule has 2 aromatic heterocycles. The van der Waals surface area contributed by atoms with E-state index in [-0.39, 0.29) is 5.91 Å². The normalized spacial score (nSPS) is 15.1. The molecule has 1 fully saturated rings. The summed E-state index contributed by atoms with van der Waals surface area (Å²) in [4.78, 5) is 11.9. The van der Waals surface area contributed by atoms with Gasteiger partial charge in [0.2, 0.25) is 5.91 Å². The maximum Gasteiger partial charge on any atom is 0.228 e. The Kier molecular flexibility index (Phi) is 5.81. The predicted molar refractivity (Wildman–Crippen MR) is 114 cm³/mol. The second kappa shape index (κ2) is 8.83. The van der Waals surface area contributed by atoms with Crippen molar-refractivity contribution >= 4 is 17.4 Å². The molecule has 1 amide bonds. The zero-order valence-electron chi connectivity index (χ0n) is 16.5. The molecule has 2 aliphatic heterocycles. The third kappa shape index (κ3) is 4.27. The van der Waals surface area contributed by atoms with Crippen molar-refractivity contribution in [2.75, 3.05) is 30.8 Å². The van der Waals surface area contributed by atoms with Crippen molar-refractivity contribution in [1.29, 1.82) is 0 Å². The molecule has 3 aromatic rings. The van der Waals surface area contributed by atoms with Gasteiger partial charge in [-0.1, -0.05) is 18.6 Å². The number of aromatic nitrogens is 4. The quantitative estimate of drug-likeness (QED) is 0.547. The molecule has 0 unspecified atom stereocenters. The van der Waals surface area contributed by atoms with Crippen molar-refractivity contribution in [3.8, 4) is 22.4 Å². The van der Waals surface area contributed by atoms with E-state index in [1.165, 1.54) is 32.4 Å². The summed E-state index contributed by atoms with van der Waals surface area (Å²) in [6.07, 6.45) is 8.14. The number of amides is 1. The standard InChI is InChI=1S/C16H14N6O.C5H11N/c1-17-14-5-4-13(21-22-14)11-3-2-10(9-7-18-19-8-9)12-6-15(23)20-16(11)12;1-2-4-6-5-3-1/h2-5,7-8H,6H2,1H3,(H,17,22)(H,18,19)(H,20,23);6H,1-5H2. The largest absolute Gasteiger partial charge is 0.372 e. The van der Waals surface area contributed by atoms with E-state index in [0.717, 1.165) is 33.6 Å². The Hall–Kier alpha value is -3.26. The smallest absolute Gasteiger partial charge is 0.228 e. The SMILES string of the molecule is C1CCNCC1.CNc1ccc(-c2ccc(-c3cn[nH]c3)c3c2NC(=O)C3)nn1. The lowest BCUT2D eigenvalue weighted by Crippen LogP contribution is -2.21. The number of carbonyl (C=O) groups excluding carboxylic acids is 1. The summed E-state index contributed by atoms with van der Waals surface area (Å²) in [7, 11) is 1.79. The Balaban J connectivity index is 0.000000294. The number of carbonyl (C=O) groups is 1. The van der Waals surface area contributed by atoms with Crippen LogP contribution in [0.2, 0.25) is 0 Å². The van der Waals surface area contributed by atoms with Crippen LogP contribution < -0.4 is 16.0 Å². The van der Waals surface area contributed by atoms with Crippen LogP contribution in [0.5, 0.6) is 0 Å². The lowest BCUT2D eigenvalue weighted by atomic mass is 9.96. The fourth-order valence-electron chi connectivity index (χ4n) is 3.61. The summed E-state index contributed by atoms with van der Waals surface area (Å²) in [5, 5.41) is 24.3. The molecule has 0 aliphatic carbocycles. The highest BCUT2D eigenvalue weighted by Gasteiger charge is 2.25. The monoisotopic (exact) mass is 391 g/mol. The number of hydrogen-bond acceptors (Lipinski definition) is 6. The maximum atomic E-state index is 11.9. The molecule has 29 heavy (non-hydrogen) atoms. The average Bonchev–Trinajstić information content (AvgIpc) is 3.44. The minimum Gasteiger partial charge on any atom is -0.372 e. The summed E-state index contributed by atoms with van der Waals surface area (Å²) < 4.78 is 0. The predicted octanol–water partition coefficient (Wildman–Crippen LogP) is 2.83. The molecule has 0 saturated carbocycles. The van der Waals surface area contributed by atoms with Crippen LogP contribution in [0.25, 0.3) is 22.4 Å². The molecule has 150 valence electrons. The van der Waals surface area contributed by atoms with Crippen LogP contribution >= 0.6 is 0 Å². The van der Waals surface area contributed by atoms with Gasteiger partial charge in [0.05, 0.1) is 24.0 Å². The molecule has 8 nitrogen and oxygen atoms in total. The summed E-state index contributed by atoms with van der Waals surface area (Å²) in [6, 6.07) is 7.69. The molecule has 0 atom stereocenters. The molecule has 1 aromatic carbocycles. The minimum absolute atomic E-state index is 0.0167. The fourth-order valence-corrected chi connectivity index (χ4v) is 3.61. The van der Waals surface area contributed by atoms with Crippen LogP contribution in [0.1, 0.15) is 24.8 Å². The molecule has 2 aliphatic rings. The summed E-state index contributed by atoms with van der Waals surface area (Å²) >= 11 is 0. The van der Waals surface area contributed by atoms with E-state index in [0.29, 0.717) is 12.2 Å². The lowest BCUT2D eigenvalue weighted by Gasteiger charge is -2.11. The van der Waals surface area contributed by atoms with Crippen molar-refractivity contribution in [1.82, 2.24) is 25.7 Å². The van der Waals surface area contributed by atoms with E-state index in [1.54, 1.807) is 13.2 Å². The first kappa shape index (κ1) is 19.1. The highest BCUT2D eigenvalue weighted by molar-refractivity contribution is 6.06. The zero-order valence-corrected chi connectivity index (χ0v) is 16.5. The first-order chi connectivity index (χ1) is 14.3. The number of anilines is 2. The number of benzene rings is 1. The van der Waals surface area contributed by atoms with Gasteiger partial charge in [-0.15, -0.1) is 10.2 Å². The van der Waals surface area contributed by atoms with E-state index >= 15 is 0 Å². The third-order valence-electron chi connectivity index (χ3n) is 5.13. The van der Waals surface area contributed by atoms with Gasteiger partial charge in [-0.2, -0.15) is 5.10 Å². The Morgan fingerprint density at radius 3 is 2.41 bits per heavy atom. The van der Waals surface area contributed by atoms with Gasteiger partial charge in [-0.3, -0.25) is 9.89 Å². The van der Waals surface area contributed by atoms with Crippen LogP contribution in [0.4, 0.5) is 11.5 Å². The number of H-pyrrole nitrogens is 1. The second-order valence-corrected chi connectivity index (χ2v) is 7.09. The topological polar surface area (TPSA) is 108 Å². The number of hydrogen-bond donors (Lipinski definition) is 4. The molecule has 0 bridgehead atoms. The van der Waals surface area contributed by atoms with Crippen LogP contribution in [0.15, 0.2) is 36.7 Å². The minimum atomic E-state index is -0.0167. The summed E-state index contributed by atoms with van der Waals surface area (Å²) in [5.74, 6) is 0.682. The van der Waals surface area contributed by atoms with E-state index in [9.17, 15) is 4.79 Å². The van der Waals surface area contributed by atoms with Gasteiger partial charge < -0.3 is 16.0 Å². The third-order valence-corrected chi connectivity index (χ3v) is 5.13. The van der Waals surface area contributed by atoms with Crippen LogP contribution in [0.3, 0.4) is 0 Å². The van der Waals surface area contributed by atoms with Crippen molar-refractivity contribution in [3.63, 3.8) is 0 Å². The number of piperidine rings is 1. The van der Waals surface area contributed by atoms with E-state index in [4.69, 9.17) is 0 Å². The number of nitrogens with zero attached hydrogens (tertiary/aromatic N) is 3. The van der Waals surface area contributed by atoms with Gasteiger partial charge in [0, 0.05) is 24.4 Å². The Labute approximate surface area is 169 Å². The van der Waals surface area contributed by atoms with E-state index < -0.39 is 0 Å².